The number of allylic oxidation sites excluding steroid dienone is 2. The fourth-order valence-corrected chi connectivity index (χ4v) is 3.69. The largest absolute Gasteiger partial charge is 0.501 e. The van der Waals surface area contributed by atoms with Crippen LogP contribution in [0.2, 0.25) is 0 Å². The molecule has 0 bridgehead atoms. The monoisotopic (exact) mass is 294 g/mol. The van der Waals surface area contributed by atoms with E-state index in [1.54, 1.807) is 7.11 Å². The minimum Gasteiger partial charge on any atom is -0.501 e. The van der Waals surface area contributed by atoms with Crippen molar-refractivity contribution in [3.63, 3.8) is 0 Å². The SMILES string of the molecule is COC1=CCC(CC2NCCc3c2[nH]c2ccccc32)=CC1. The van der Waals surface area contributed by atoms with E-state index >= 15 is 0 Å². The van der Waals surface area contributed by atoms with Crippen LogP contribution in [-0.2, 0) is 11.2 Å². The average molecular weight is 294 g/mol. The van der Waals surface area contributed by atoms with Crippen molar-refractivity contribution in [1.82, 2.24) is 10.3 Å². The molecule has 1 aromatic heterocycles. The van der Waals surface area contributed by atoms with Crippen LogP contribution in [0, 0.1) is 0 Å². The quantitative estimate of drug-likeness (QED) is 0.840. The second-order valence-corrected chi connectivity index (χ2v) is 6.17. The number of nitrogens with one attached hydrogen (secondary N) is 2. The fourth-order valence-electron chi connectivity index (χ4n) is 3.69. The van der Waals surface area contributed by atoms with E-state index in [2.05, 4.69) is 46.7 Å². The lowest BCUT2D eigenvalue weighted by molar-refractivity contribution is 0.281. The standard InChI is InChI=1S/C19H22N2O/c1-22-14-8-6-13(7-9-14)12-18-19-16(10-11-20-18)15-4-2-3-5-17(15)21-19/h2-6,9,18,20-21H,7-8,10-12H2,1H3. The number of hydrogen-bond acceptors (Lipinski definition) is 2. The summed E-state index contributed by atoms with van der Waals surface area (Å²) in [6.45, 7) is 1.06. The molecular weight excluding hydrogens is 272 g/mol. The maximum atomic E-state index is 5.32. The zero-order chi connectivity index (χ0) is 14.9. The van der Waals surface area contributed by atoms with Crippen molar-refractivity contribution < 1.29 is 4.74 Å². The normalized spacial score (nSPS) is 21.2. The van der Waals surface area contributed by atoms with Gasteiger partial charge in [-0.1, -0.05) is 29.8 Å². The summed E-state index contributed by atoms with van der Waals surface area (Å²) < 4.78 is 5.32. The van der Waals surface area contributed by atoms with Crippen LogP contribution in [0.1, 0.15) is 36.6 Å². The van der Waals surface area contributed by atoms with E-state index in [1.165, 1.54) is 27.7 Å². The van der Waals surface area contributed by atoms with Gasteiger partial charge < -0.3 is 15.0 Å². The smallest absolute Gasteiger partial charge is 0.0956 e. The minimum absolute atomic E-state index is 0.403. The van der Waals surface area contributed by atoms with Crippen LogP contribution in [0.3, 0.4) is 0 Å². The van der Waals surface area contributed by atoms with Crippen LogP contribution in [0.25, 0.3) is 10.9 Å². The fraction of sp³-hybridized carbons (Fsp3) is 0.368. The molecule has 0 saturated carbocycles. The number of benzene rings is 1. The Bertz CT molecular complexity index is 754. The van der Waals surface area contributed by atoms with Gasteiger partial charge in [0, 0.05) is 23.0 Å². The highest BCUT2D eigenvalue weighted by Crippen LogP contribution is 2.34. The summed E-state index contributed by atoms with van der Waals surface area (Å²) in [4.78, 5) is 3.65. The number of rotatable bonds is 3. The van der Waals surface area contributed by atoms with Gasteiger partial charge in [-0.2, -0.15) is 0 Å². The molecule has 114 valence electrons. The van der Waals surface area contributed by atoms with Crippen molar-refractivity contribution in [1.29, 1.82) is 0 Å². The van der Waals surface area contributed by atoms with Crippen molar-refractivity contribution in [2.75, 3.05) is 13.7 Å². The van der Waals surface area contributed by atoms with Crippen molar-refractivity contribution in [3.05, 3.63) is 59.0 Å². The van der Waals surface area contributed by atoms with E-state index in [1.807, 2.05) is 0 Å². The maximum absolute atomic E-state index is 5.32. The maximum Gasteiger partial charge on any atom is 0.0956 e. The molecule has 1 aliphatic heterocycles. The van der Waals surface area contributed by atoms with Gasteiger partial charge in [0.1, 0.15) is 0 Å². The zero-order valence-electron chi connectivity index (χ0n) is 13.0. The first-order chi connectivity index (χ1) is 10.8. The van der Waals surface area contributed by atoms with Gasteiger partial charge in [0.2, 0.25) is 0 Å². The van der Waals surface area contributed by atoms with Crippen LogP contribution >= 0.6 is 0 Å². The third-order valence-electron chi connectivity index (χ3n) is 4.87. The van der Waals surface area contributed by atoms with E-state index in [4.69, 9.17) is 4.74 Å². The van der Waals surface area contributed by atoms with Gasteiger partial charge in [0.05, 0.1) is 18.9 Å². The van der Waals surface area contributed by atoms with Crippen molar-refractivity contribution >= 4 is 10.9 Å². The van der Waals surface area contributed by atoms with E-state index < -0.39 is 0 Å². The van der Waals surface area contributed by atoms with Gasteiger partial charge >= 0.3 is 0 Å². The molecule has 2 aliphatic rings. The van der Waals surface area contributed by atoms with Gasteiger partial charge in [-0.25, -0.2) is 0 Å². The second kappa shape index (κ2) is 5.65. The number of hydrogen-bond donors (Lipinski definition) is 2. The molecule has 0 radical (unpaired) electrons. The van der Waals surface area contributed by atoms with Crippen molar-refractivity contribution in [2.24, 2.45) is 0 Å². The highest BCUT2D eigenvalue weighted by molar-refractivity contribution is 5.85. The predicted molar refractivity (Wildman–Crippen MR) is 89.8 cm³/mol. The Balaban J connectivity index is 1.59. The number of fused-ring (bicyclic) bond motifs is 3. The molecule has 22 heavy (non-hydrogen) atoms. The molecular formula is C19H22N2O. The van der Waals surface area contributed by atoms with Gasteiger partial charge in [-0.15, -0.1) is 0 Å². The van der Waals surface area contributed by atoms with Crippen LogP contribution in [0.5, 0.6) is 0 Å². The molecule has 2 aromatic rings. The topological polar surface area (TPSA) is 37.0 Å². The molecule has 0 fully saturated rings. The van der Waals surface area contributed by atoms with Crippen LogP contribution in [0.4, 0.5) is 0 Å². The second-order valence-electron chi connectivity index (χ2n) is 6.17. The lowest BCUT2D eigenvalue weighted by Gasteiger charge is -2.26. The van der Waals surface area contributed by atoms with E-state index in [0.717, 1.165) is 38.0 Å². The molecule has 1 unspecified atom stereocenters. The third-order valence-corrected chi connectivity index (χ3v) is 4.87. The first-order valence-corrected chi connectivity index (χ1v) is 8.09. The van der Waals surface area contributed by atoms with Gasteiger partial charge in [0.25, 0.3) is 0 Å². The predicted octanol–water partition coefficient (Wildman–Crippen LogP) is 4.00. The summed E-state index contributed by atoms with van der Waals surface area (Å²) in [5, 5.41) is 5.08. The Morgan fingerprint density at radius 3 is 2.91 bits per heavy atom. The Labute approximate surface area is 131 Å². The van der Waals surface area contributed by atoms with Crippen LogP contribution < -0.4 is 5.32 Å². The summed E-state index contributed by atoms with van der Waals surface area (Å²) in [5.74, 6) is 1.09. The van der Waals surface area contributed by atoms with E-state index in [9.17, 15) is 0 Å². The Morgan fingerprint density at radius 1 is 1.18 bits per heavy atom. The first-order valence-electron chi connectivity index (χ1n) is 8.09. The average Bonchev–Trinajstić information content (AvgIpc) is 2.95. The summed E-state index contributed by atoms with van der Waals surface area (Å²) in [6.07, 6.45) is 8.67. The van der Waals surface area contributed by atoms with Crippen molar-refractivity contribution in [3.8, 4) is 0 Å². The van der Waals surface area contributed by atoms with Gasteiger partial charge in [-0.05, 0) is 43.5 Å². The Kier molecular flexibility index (Phi) is 3.51. The molecule has 0 amide bonds. The number of H-pyrrole nitrogens is 1. The molecule has 3 nitrogen and oxygen atoms in total. The molecule has 2 N–H and O–H groups in total. The number of aromatic amines is 1. The first kappa shape index (κ1) is 13.6. The minimum atomic E-state index is 0.403. The molecule has 0 spiro atoms. The number of methoxy groups -OCH3 is 1. The number of ether oxygens (including phenoxy) is 1. The zero-order valence-corrected chi connectivity index (χ0v) is 13.0. The molecule has 3 heteroatoms. The summed E-state index contributed by atoms with van der Waals surface area (Å²) in [7, 11) is 1.75. The van der Waals surface area contributed by atoms with E-state index in [-0.39, 0.29) is 0 Å². The molecule has 1 aliphatic carbocycles. The Morgan fingerprint density at radius 2 is 2.09 bits per heavy atom. The molecule has 1 aromatic carbocycles. The van der Waals surface area contributed by atoms with E-state index in [0.29, 0.717) is 6.04 Å². The highest BCUT2D eigenvalue weighted by atomic mass is 16.5. The molecule has 1 atom stereocenters. The lowest BCUT2D eigenvalue weighted by Crippen LogP contribution is -2.30. The van der Waals surface area contributed by atoms with Crippen LogP contribution in [-0.4, -0.2) is 18.6 Å². The Hall–Kier alpha value is -2.00. The number of aromatic nitrogens is 1. The van der Waals surface area contributed by atoms with Gasteiger partial charge in [0.15, 0.2) is 0 Å². The lowest BCUT2D eigenvalue weighted by atomic mass is 9.91. The highest BCUT2D eigenvalue weighted by Gasteiger charge is 2.24. The summed E-state index contributed by atoms with van der Waals surface area (Å²) in [6, 6.07) is 9.06. The summed E-state index contributed by atoms with van der Waals surface area (Å²) >= 11 is 0. The number of para-hydroxylation sites is 1. The molecule has 2 heterocycles. The van der Waals surface area contributed by atoms with Gasteiger partial charge in [-0.3, -0.25) is 0 Å². The third kappa shape index (κ3) is 2.35. The molecule has 0 saturated heterocycles. The van der Waals surface area contributed by atoms with Crippen LogP contribution in [0.15, 0.2) is 47.7 Å². The van der Waals surface area contributed by atoms with Crippen molar-refractivity contribution in [2.45, 2.75) is 31.7 Å². The summed E-state index contributed by atoms with van der Waals surface area (Å²) in [5.41, 5.74) is 5.66. The molecule has 4 rings (SSSR count).